The van der Waals surface area contributed by atoms with E-state index in [0.717, 1.165) is 33.5 Å². The van der Waals surface area contributed by atoms with Gasteiger partial charge in [-0.1, -0.05) is 32.0 Å². The van der Waals surface area contributed by atoms with Crippen molar-refractivity contribution in [2.24, 2.45) is 5.92 Å². The highest BCUT2D eigenvalue weighted by Gasteiger charge is 2.24. The first-order valence-corrected chi connectivity index (χ1v) is 9.58. The summed E-state index contributed by atoms with van der Waals surface area (Å²) in [6.07, 6.45) is 2.33. The van der Waals surface area contributed by atoms with Gasteiger partial charge in [-0.2, -0.15) is 0 Å². The van der Waals surface area contributed by atoms with E-state index in [1.54, 1.807) is 14.2 Å². The van der Waals surface area contributed by atoms with Crippen LogP contribution in [-0.4, -0.2) is 31.7 Å². The molecule has 5 heteroatoms. The Morgan fingerprint density at radius 2 is 1.86 bits per heavy atom. The van der Waals surface area contributed by atoms with Crippen LogP contribution >= 0.6 is 0 Å². The number of fused-ring (bicyclic) bond motifs is 1. The number of amides is 1. The van der Waals surface area contributed by atoms with Gasteiger partial charge in [-0.15, -0.1) is 0 Å². The van der Waals surface area contributed by atoms with Crippen LogP contribution in [0, 0.1) is 5.92 Å². The molecule has 3 rings (SSSR count). The molecule has 0 aliphatic rings. The van der Waals surface area contributed by atoms with Crippen LogP contribution in [0.4, 0.5) is 0 Å². The molecule has 1 amide bonds. The second kappa shape index (κ2) is 8.83. The van der Waals surface area contributed by atoms with E-state index in [9.17, 15) is 4.79 Å². The topological polar surface area (TPSA) is 63.4 Å². The quantitative estimate of drug-likeness (QED) is 0.606. The Bertz CT molecular complexity index is 946. The molecular weight excluding hydrogens is 352 g/mol. The largest absolute Gasteiger partial charge is 0.497 e. The molecule has 0 bridgehead atoms. The predicted molar refractivity (Wildman–Crippen MR) is 112 cm³/mol. The molecular formula is C23H28N2O3. The summed E-state index contributed by atoms with van der Waals surface area (Å²) >= 11 is 0. The number of ether oxygens (including phenoxy) is 2. The number of aromatic amines is 1. The van der Waals surface area contributed by atoms with Crippen molar-refractivity contribution < 1.29 is 14.3 Å². The van der Waals surface area contributed by atoms with Crippen LogP contribution in [0.15, 0.2) is 48.7 Å². The van der Waals surface area contributed by atoms with Gasteiger partial charge in [-0.05, 0) is 35.7 Å². The molecule has 2 N–H and O–H groups in total. The van der Waals surface area contributed by atoms with Crippen molar-refractivity contribution in [1.29, 1.82) is 0 Å². The number of nitrogens with one attached hydrogen (secondary N) is 2. The van der Waals surface area contributed by atoms with Crippen molar-refractivity contribution in [3.63, 3.8) is 0 Å². The van der Waals surface area contributed by atoms with E-state index >= 15 is 0 Å². The van der Waals surface area contributed by atoms with Gasteiger partial charge in [0, 0.05) is 41.5 Å². The van der Waals surface area contributed by atoms with Crippen molar-refractivity contribution in [3.05, 3.63) is 59.8 Å². The fourth-order valence-corrected chi connectivity index (χ4v) is 3.45. The van der Waals surface area contributed by atoms with Crippen LogP contribution in [0.3, 0.4) is 0 Å². The monoisotopic (exact) mass is 380 g/mol. The average Bonchev–Trinajstić information content (AvgIpc) is 3.13. The van der Waals surface area contributed by atoms with Gasteiger partial charge >= 0.3 is 0 Å². The first kappa shape index (κ1) is 19.8. The molecule has 0 aliphatic heterocycles. The smallest absolute Gasteiger partial charge is 0.220 e. The molecule has 1 atom stereocenters. The average molecular weight is 380 g/mol. The summed E-state index contributed by atoms with van der Waals surface area (Å²) in [6.45, 7) is 4.84. The van der Waals surface area contributed by atoms with Crippen LogP contribution in [0.25, 0.3) is 10.9 Å². The maximum Gasteiger partial charge on any atom is 0.220 e. The molecule has 28 heavy (non-hydrogen) atoms. The summed E-state index contributed by atoms with van der Waals surface area (Å²) in [5.41, 5.74) is 3.06. The maximum atomic E-state index is 12.7. The minimum absolute atomic E-state index is 0.0295. The number of methoxy groups -OCH3 is 2. The molecule has 1 heterocycles. The Balaban J connectivity index is 2.05. The first-order chi connectivity index (χ1) is 13.5. The third-order valence-corrected chi connectivity index (χ3v) is 4.91. The zero-order valence-electron chi connectivity index (χ0n) is 16.9. The Labute approximate surface area is 166 Å². The second-order valence-corrected chi connectivity index (χ2v) is 7.35. The summed E-state index contributed by atoms with van der Waals surface area (Å²) in [7, 11) is 3.32. The Kier molecular flexibility index (Phi) is 6.24. The number of hydrogen-bond acceptors (Lipinski definition) is 3. The molecule has 0 radical (unpaired) electrons. The molecule has 0 saturated heterocycles. The number of aromatic nitrogens is 1. The van der Waals surface area contributed by atoms with Gasteiger partial charge in [0.05, 0.1) is 14.2 Å². The van der Waals surface area contributed by atoms with Crippen LogP contribution < -0.4 is 14.8 Å². The molecule has 3 aromatic rings. The van der Waals surface area contributed by atoms with E-state index in [-0.39, 0.29) is 11.8 Å². The lowest BCUT2D eigenvalue weighted by Crippen LogP contribution is -2.28. The molecule has 148 valence electrons. The zero-order chi connectivity index (χ0) is 20.1. The standard InChI is InChI=1S/C23H28N2O3/c1-15(2)13-25-23(26)12-18(17-7-5-6-8-22(17)28-4)20-14-24-21-10-9-16(27-3)11-19(20)21/h5-11,14-15,18,24H,12-13H2,1-4H3,(H,25,26)/t18-/m0/s1. The molecule has 2 aromatic carbocycles. The van der Waals surface area contributed by atoms with E-state index in [2.05, 4.69) is 24.1 Å². The summed E-state index contributed by atoms with van der Waals surface area (Å²) in [5.74, 6) is 1.87. The number of carbonyl (C=O) groups is 1. The second-order valence-electron chi connectivity index (χ2n) is 7.35. The molecule has 1 aromatic heterocycles. The normalized spacial score (nSPS) is 12.2. The van der Waals surface area contributed by atoms with Gasteiger partial charge < -0.3 is 19.8 Å². The minimum atomic E-state index is -0.135. The van der Waals surface area contributed by atoms with Gasteiger partial charge in [-0.25, -0.2) is 0 Å². The number of rotatable bonds is 8. The molecule has 0 spiro atoms. The highest BCUT2D eigenvalue weighted by molar-refractivity contribution is 5.87. The highest BCUT2D eigenvalue weighted by Crippen LogP contribution is 2.38. The Morgan fingerprint density at radius 3 is 2.57 bits per heavy atom. The van der Waals surface area contributed by atoms with Gasteiger partial charge in [0.1, 0.15) is 11.5 Å². The van der Waals surface area contributed by atoms with E-state index in [4.69, 9.17) is 9.47 Å². The lowest BCUT2D eigenvalue weighted by Gasteiger charge is -2.20. The first-order valence-electron chi connectivity index (χ1n) is 9.58. The fraction of sp³-hybridized carbons (Fsp3) is 0.348. The highest BCUT2D eigenvalue weighted by atomic mass is 16.5. The third kappa shape index (κ3) is 4.30. The summed E-state index contributed by atoms with van der Waals surface area (Å²) in [5, 5.41) is 4.09. The summed E-state index contributed by atoms with van der Waals surface area (Å²) in [6, 6.07) is 13.8. The van der Waals surface area contributed by atoms with Crippen molar-refractivity contribution in [2.45, 2.75) is 26.2 Å². The number of para-hydroxylation sites is 1. The molecule has 0 saturated carbocycles. The third-order valence-electron chi connectivity index (χ3n) is 4.91. The van der Waals surface area contributed by atoms with Crippen LogP contribution in [0.5, 0.6) is 11.5 Å². The SMILES string of the molecule is COc1ccc2[nH]cc([C@@H](CC(=O)NCC(C)C)c3ccccc3OC)c2c1. The molecule has 0 unspecified atom stereocenters. The van der Waals surface area contributed by atoms with Crippen molar-refractivity contribution in [1.82, 2.24) is 10.3 Å². The zero-order valence-corrected chi connectivity index (χ0v) is 16.9. The molecule has 0 fully saturated rings. The summed E-state index contributed by atoms with van der Waals surface area (Å²) in [4.78, 5) is 16.0. The van der Waals surface area contributed by atoms with Crippen molar-refractivity contribution >= 4 is 16.8 Å². The van der Waals surface area contributed by atoms with E-state index in [1.807, 2.05) is 48.7 Å². The number of benzene rings is 2. The maximum absolute atomic E-state index is 12.7. The van der Waals surface area contributed by atoms with Gasteiger partial charge in [0.25, 0.3) is 0 Å². The minimum Gasteiger partial charge on any atom is -0.497 e. The number of H-pyrrole nitrogens is 1. The fourth-order valence-electron chi connectivity index (χ4n) is 3.45. The Hall–Kier alpha value is -2.95. The number of hydrogen-bond donors (Lipinski definition) is 2. The predicted octanol–water partition coefficient (Wildman–Crippen LogP) is 4.48. The Morgan fingerprint density at radius 1 is 1.07 bits per heavy atom. The lowest BCUT2D eigenvalue weighted by molar-refractivity contribution is -0.121. The van der Waals surface area contributed by atoms with Gasteiger partial charge in [-0.3, -0.25) is 4.79 Å². The molecule has 0 aliphatic carbocycles. The van der Waals surface area contributed by atoms with E-state index in [0.29, 0.717) is 18.9 Å². The van der Waals surface area contributed by atoms with Gasteiger partial charge in [0.2, 0.25) is 5.91 Å². The van der Waals surface area contributed by atoms with Crippen molar-refractivity contribution in [3.8, 4) is 11.5 Å². The van der Waals surface area contributed by atoms with Crippen LogP contribution in [0.1, 0.15) is 37.3 Å². The van der Waals surface area contributed by atoms with Gasteiger partial charge in [0.15, 0.2) is 0 Å². The van der Waals surface area contributed by atoms with E-state index < -0.39 is 0 Å². The number of carbonyl (C=O) groups excluding carboxylic acids is 1. The van der Waals surface area contributed by atoms with Crippen LogP contribution in [-0.2, 0) is 4.79 Å². The van der Waals surface area contributed by atoms with Crippen LogP contribution in [0.2, 0.25) is 0 Å². The summed E-state index contributed by atoms with van der Waals surface area (Å²) < 4.78 is 11.0. The lowest BCUT2D eigenvalue weighted by atomic mass is 9.87. The van der Waals surface area contributed by atoms with Crippen molar-refractivity contribution in [2.75, 3.05) is 20.8 Å². The van der Waals surface area contributed by atoms with E-state index in [1.165, 1.54) is 0 Å². The molecule has 5 nitrogen and oxygen atoms in total.